The molecule has 1 rings (SSSR count). The van der Waals surface area contributed by atoms with E-state index in [0.29, 0.717) is 0 Å². The number of ether oxygens (including phenoxy) is 1. The summed E-state index contributed by atoms with van der Waals surface area (Å²) in [6, 6.07) is 5.09. The quantitative estimate of drug-likeness (QED) is 0.732. The highest BCUT2D eigenvalue weighted by molar-refractivity contribution is 5.96. The first kappa shape index (κ1) is 15.6. The Hall–Kier alpha value is -2.44. The lowest BCUT2D eigenvalue weighted by atomic mass is 10.2. The summed E-state index contributed by atoms with van der Waals surface area (Å²) >= 11 is 0. The summed E-state index contributed by atoms with van der Waals surface area (Å²) < 4.78 is 17.5. The molecular weight excluding hydrogens is 267 g/mol. The minimum absolute atomic E-state index is 0.114. The fraction of sp³-hybridized carbons (Fsp3) is 0.308. The zero-order chi connectivity index (χ0) is 15.0. The maximum atomic E-state index is 12.9. The minimum atomic E-state index is -0.573. The van der Waals surface area contributed by atoms with Crippen molar-refractivity contribution in [3.8, 4) is 0 Å². The fourth-order valence-electron chi connectivity index (χ4n) is 1.34. The molecule has 0 aromatic heterocycles. The van der Waals surface area contributed by atoms with Crippen LogP contribution in [0.3, 0.4) is 0 Å². The normalized spacial score (nSPS) is 9.70. The Kier molecular flexibility index (Phi) is 6.15. The zero-order valence-electron chi connectivity index (χ0n) is 10.9. The number of benzene rings is 1. The van der Waals surface area contributed by atoms with Crippen molar-refractivity contribution in [3.05, 3.63) is 35.6 Å². The van der Waals surface area contributed by atoms with E-state index in [-0.39, 0.29) is 25.3 Å². The molecule has 0 aliphatic carbocycles. The molecule has 7 heteroatoms. The molecule has 0 spiro atoms. The van der Waals surface area contributed by atoms with E-state index in [4.69, 9.17) is 0 Å². The van der Waals surface area contributed by atoms with Crippen molar-refractivity contribution < 1.29 is 23.5 Å². The van der Waals surface area contributed by atoms with Crippen molar-refractivity contribution in [3.63, 3.8) is 0 Å². The van der Waals surface area contributed by atoms with Crippen LogP contribution in [0.15, 0.2) is 24.3 Å². The summed E-state index contributed by atoms with van der Waals surface area (Å²) in [6.45, 7) is 1.31. The molecular formula is C13H15FN2O4. The number of halogens is 1. The van der Waals surface area contributed by atoms with Crippen LogP contribution >= 0.6 is 0 Å². The maximum absolute atomic E-state index is 12.9. The lowest BCUT2D eigenvalue weighted by Gasteiger charge is -2.06. The Labute approximate surface area is 115 Å². The number of hydrogen-bond acceptors (Lipinski definition) is 4. The molecule has 0 aliphatic heterocycles. The van der Waals surface area contributed by atoms with Gasteiger partial charge in [-0.3, -0.25) is 14.4 Å². The van der Waals surface area contributed by atoms with Crippen LogP contribution in [-0.4, -0.2) is 37.5 Å². The molecule has 6 nitrogen and oxygen atoms in total. The van der Waals surface area contributed by atoms with Gasteiger partial charge in [-0.15, -0.1) is 0 Å². The van der Waals surface area contributed by atoms with Gasteiger partial charge in [0.05, 0.1) is 13.2 Å². The van der Waals surface area contributed by atoms with Gasteiger partial charge in [0, 0.05) is 5.56 Å². The lowest BCUT2D eigenvalue weighted by molar-refractivity contribution is -0.143. The van der Waals surface area contributed by atoms with E-state index in [2.05, 4.69) is 15.4 Å². The third-order valence-electron chi connectivity index (χ3n) is 2.23. The highest BCUT2D eigenvalue weighted by atomic mass is 19.1. The summed E-state index contributed by atoms with van der Waals surface area (Å²) in [5.74, 6) is -2.21. The van der Waals surface area contributed by atoms with Gasteiger partial charge in [-0.2, -0.15) is 0 Å². The summed E-state index contributed by atoms with van der Waals surface area (Å²) in [7, 11) is 0. The lowest BCUT2D eigenvalue weighted by Crippen LogP contribution is -2.39. The monoisotopic (exact) mass is 282 g/mol. The molecule has 0 unspecified atom stereocenters. The average Bonchev–Trinajstić information content (AvgIpc) is 2.43. The standard InChI is InChI=1S/C13H15FN2O4/c1-2-20-12(18)8-15-11(17)7-16-13(19)9-4-3-5-10(14)6-9/h3-6H,2,7-8H2,1H3,(H,15,17)(H,16,19). The molecule has 0 heterocycles. The first-order valence-electron chi connectivity index (χ1n) is 5.99. The molecule has 2 N–H and O–H groups in total. The molecule has 0 atom stereocenters. The van der Waals surface area contributed by atoms with Crippen molar-refractivity contribution in [2.24, 2.45) is 0 Å². The van der Waals surface area contributed by atoms with Gasteiger partial charge in [-0.25, -0.2) is 4.39 Å². The SMILES string of the molecule is CCOC(=O)CNC(=O)CNC(=O)c1cccc(F)c1. The predicted molar refractivity (Wildman–Crippen MR) is 68.4 cm³/mol. The van der Waals surface area contributed by atoms with E-state index >= 15 is 0 Å². The van der Waals surface area contributed by atoms with E-state index < -0.39 is 23.6 Å². The first-order valence-corrected chi connectivity index (χ1v) is 5.99. The minimum Gasteiger partial charge on any atom is -0.465 e. The Bertz CT molecular complexity index is 505. The van der Waals surface area contributed by atoms with Crippen molar-refractivity contribution >= 4 is 17.8 Å². The van der Waals surface area contributed by atoms with Gasteiger partial charge >= 0.3 is 5.97 Å². The Morgan fingerprint density at radius 1 is 1.20 bits per heavy atom. The number of carbonyl (C=O) groups excluding carboxylic acids is 3. The first-order chi connectivity index (χ1) is 9.52. The van der Waals surface area contributed by atoms with Gasteiger partial charge in [-0.1, -0.05) is 6.07 Å². The van der Waals surface area contributed by atoms with Gasteiger partial charge in [0.2, 0.25) is 5.91 Å². The van der Waals surface area contributed by atoms with Crippen molar-refractivity contribution in [1.29, 1.82) is 0 Å². The molecule has 1 aromatic rings. The maximum Gasteiger partial charge on any atom is 0.325 e. The number of hydrogen-bond donors (Lipinski definition) is 2. The molecule has 108 valence electrons. The van der Waals surface area contributed by atoms with Crippen LogP contribution in [0.5, 0.6) is 0 Å². The number of carbonyl (C=O) groups is 3. The van der Waals surface area contributed by atoms with Crippen LogP contribution in [-0.2, 0) is 14.3 Å². The third kappa shape index (κ3) is 5.47. The van der Waals surface area contributed by atoms with Crippen LogP contribution in [0.4, 0.5) is 4.39 Å². The number of esters is 1. The largest absolute Gasteiger partial charge is 0.465 e. The fourth-order valence-corrected chi connectivity index (χ4v) is 1.34. The molecule has 0 aliphatic rings. The van der Waals surface area contributed by atoms with Gasteiger partial charge in [0.1, 0.15) is 12.4 Å². The van der Waals surface area contributed by atoms with Crippen LogP contribution in [0.25, 0.3) is 0 Å². The van der Waals surface area contributed by atoms with Crippen LogP contribution in [0.2, 0.25) is 0 Å². The Balaban J connectivity index is 2.34. The molecule has 0 bridgehead atoms. The molecule has 0 saturated carbocycles. The average molecular weight is 282 g/mol. The number of nitrogens with one attached hydrogen (secondary N) is 2. The number of rotatable bonds is 6. The second kappa shape index (κ2) is 7.88. The molecule has 0 fully saturated rings. The highest BCUT2D eigenvalue weighted by Crippen LogP contribution is 2.02. The third-order valence-corrected chi connectivity index (χ3v) is 2.23. The highest BCUT2D eigenvalue weighted by Gasteiger charge is 2.09. The topological polar surface area (TPSA) is 84.5 Å². The molecule has 1 aromatic carbocycles. The van der Waals surface area contributed by atoms with E-state index in [1.807, 2.05) is 0 Å². The zero-order valence-corrected chi connectivity index (χ0v) is 10.9. The molecule has 0 saturated heterocycles. The van der Waals surface area contributed by atoms with Gasteiger partial charge in [0.15, 0.2) is 0 Å². The Morgan fingerprint density at radius 3 is 2.60 bits per heavy atom. The van der Waals surface area contributed by atoms with Gasteiger partial charge < -0.3 is 15.4 Å². The van der Waals surface area contributed by atoms with E-state index in [0.717, 1.165) is 6.07 Å². The smallest absolute Gasteiger partial charge is 0.325 e. The van der Waals surface area contributed by atoms with Crippen LogP contribution < -0.4 is 10.6 Å². The van der Waals surface area contributed by atoms with E-state index in [1.165, 1.54) is 18.2 Å². The van der Waals surface area contributed by atoms with Crippen LogP contribution in [0, 0.1) is 5.82 Å². The van der Waals surface area contributed by atoms with Crippen molar-refractivity contribution in [1.82, 2.24) is 10.6 Å². The predicted octanol–water partition coefficient (Wildman–Crippen LogP) is 0.235. The van der Waals surface area contributed by atoms with Gasteiger partial charge in [-0.05, 0) is 25.1 Å². The van der Waals surface area contributed by atoms with E-state index in [9.17, 15) is 18.8 Å². The van der Waals surface area contributed by atoms with Crippen LogP contribution in [0.1, 0.15) is 17.3 Å². The molecule has 2 amide bonds. The van der Waals surface area contributed by atoms with E-state index in [1.54, 1.807) is 6.92 Å². The molecule has 20 heavy (non-hydrogen) atoms. The Morgan fingerprint density at radius 2 is 1.95 bits per heavy atom. The summed E-state index contributed by atoms with van der Waals surface area (Å²) in [5.41, 5.74) is 0.114. The summed E-state index contributed by atoms with van der Waals surface area (Å²) in [4.78, 5) is 33.9. The van der Waals surface area contributed by atoms with Gasteiger partial charge in [0.25, 0.3) is 5.91 Å². The second-order valence-corrected chi connectivity index (χ2v) is 3.77. The molecule has 0 radical (unpaired) electrons. The second-order valence-electron chi connectivity index (χ2n) is 3.77. The summed E-state index contributed by atoms with van der Waals surface area (Å²) in [6.07, 6.45) is 0. The summed E-state index contributed by atoms with van der Waals surface area (Å²) in [5, 5.41) is 4.60. The number of amides is 2. The van der Waals surface area contributed by atoms with Crippen molar-refractivity contribution in [2.75, 3.05) is 19.7 Å². The van der Waals surface area contributed by atoms with Crippen molar-refractivity contribution in [2.45, 2.75) is 6.92 Å².